The molecule has 28 heavy (non-hydrogen) atoms. The summed E-state index contributed by atoms with van der Waals surface area (Å²) in [6, 6.07) is 11.3. The van der Waals surface area contributed by atoms with Gasteiger partial charge < -0.3 is 19.4 Å². The molecule has 144 valence electrons. The number of halogens is 1. The predicted octanol–water partition coefficient (Wildman–Crippen LogP) is 3.63. The fraction of sp³-hybridized carbons (Fsp3) is 0.250. The van der Waals surface area contributed by atoms with Gasteiger partial charge in [-0.1, -0.05) is 6.07 Å². The third-order valence-corrected chi connectivity index (χ3v) is 4.32. The van der Waals surface area contributed by atoms with Gasteiger partial charge in [-0.15, -0.1) is 0 Å². The number of aryl methyl sites for hydroxylation is 1. The van der Waals surface area contributed by atoms with E-state index in [9.17, 15) is 4.39 Å². The Morgan fingerprint density at radius 1 is 1.00 bits per heavy atom. The summed E-state index contributed by atoms with van der Waals surface area (Å²) in [4.78, 5) is 13.3. The van der Waals surface area contributed by atoms with Crippen LogP contribution in [0.3, 0.4) is 0 Å². The summed E-state index contributed by atoms with van der Waals surface area (Å²) in [5, 5.41) is 5.33. The van der Waals surface area contributed by atoms with Gasteiger partial charge in [-0.25, -0.2) is 9.37 Å². The average molecular weight is 380 g/mol. The van der Waals surface area contributed by atoms with E-state index in [-0.39, 0.29) is 6.61 Å². The highest BCUT2D eigenvalue weighted by atomic mass is 18.2. The SMILES string of the molecule is Cn1c2ccncc2c2ccc(Nc3cccc(OCCOCC[18F])n3)nc21. The summed E-state index contributed by atoms with van der Waals surface area (Å²) >= 11 is 0. The van der Waals surface area contributed by atoms with Crippen molar-refractivity contribution in [3.63, 3.8) is 0 Å². The van der Waals surface area contributed by atoms with Crippen molar-refractivity contribution in [1.82, 2.24) is 19.5 Å². The molecular formula is C20H20FN5O2. The number of hydrogen-bond acceptors (Lipinski definition) is 6. The van der Waals surface area contributed by atoms with Crippen LogP contribution >= 0.6 is 0 Å². The summed E-state index contributed by atoms with van der Waals surface area (Å²) in [6.45, 7) is 0.209. The lowest BCUT2D eigenvalue weighted by molar-refractivity contribution is 0.0884. The van der Waals surface area contributed by atoms with Crippen molar-refractivity contribution in [2.75, 3.05) is 31.8 Å². The molecule has 1 N–H and O–H groups in total. The lowest BCUT2D eigenvalue weighted by atomic mass is 10.2. The van der Waals surface area contributed by atoms with Crippen LogP contribution in [0.1, 0.15) is 0 Å². The minimum absolute atomic E-state index is 0.0801. The van der Waals surface area contributed by atoms with E-state index in [1.54, 1.807) is 12.3 Å². The standard InChI is InChI=1S/C20H20FN5O2/c1-26-16-7-9-22-13-15(16)14-5-6-18(25-20(14)26)23-17-3-2-4-19(24-17)28-12-11-27-10-8-21/h2-7,9,13H,8,10-12H2,1H3,(H,23,24,25)/i21-1. The minimum Gasteiger partial charge on any atom is -0.475 e. The Hall–Kier alpha value is -3.26. The lowest BCUT2D eigenvalue weighted by Gasteiger charge is -2.09. The van der Waals surface area contributed by atoms with Crippen molar-refractivity contribution in [2.24, 2.45) is 7.05 Å². The third-order valence-electron chi connectivity index (χ3n) is 4.32. The highest BCUT2D eigenvalue weighted by Crippen LogP contribution is 2.27. The fourth-order valence-corrected chi connectivity index (χ4v) is 3.04. The van der Waals surface area contributed by atoms with Crippen molar-refractivity contribution in [3.05, 3.63) is 48.8 Å². The van der Waals surface area contributed by atoms with Gasteiger partial charge in [0.1, 0.15) is 30.6 Å². The maximum atomic E-state index is 12.0. The molecule has 0 saturated carbocycles. The van der Waals surface area contributed by atoms with Gasteiger partial charge in [0.25, 0.3) is 0 Å². The molecule has 4 aromatic rings. The molecule has 0 amide bonds. The number of anilines is 2. The number of nitrogens with one attached hydrogen (secondary N) is 1. The molecule has 0 atom stereocenters. The molecule has 7 nitrogen and oxygen atoms in total. The van der Waals surface area contributed by atoms with Crippen LogP contribution in [0.4, 0.5) is 16.0 Å². The second-order valence-corrected chi connectivity index (χ2v) is 6.16. The van der Waals surface area contributed by atoms with Crippen molar-refractivity contribution in [1.29, 1.82) is 0 Å². The van der Waals surface area contributed by atoms with E-state index >= 15 is 0 Å². The van der Waals surface area contributed by atoms with E-state index in [4.69, 9.17) is 14.5 Å². The van der Waals surface area contributed by atoms with E-state index in [1.165, 1.54) is 0 Å². The Balaban J connectivity index is 1.51. The van der Waals surface area contributed by atoms with Crippen LogP contribution in [0.5, 0.6) is 5.88 Å². The number of hydrogen-bond donors (Lipinski definition) is 1. The maximum Gasteiger partial charge on any atom is 0.215 e. The number of alkyl halides is 1. The quantitative estimate of drug-likeness (QED) is 0.471. The molecule has 4 rings (SSSR count). The Morgan fingerprint density at radius 2 is 1.89 bits per heavy atom. The average Bonchev–Trinajstić information content (AvgIpc) is 3.00. The highest BCUT2D eigenvalue weighted by molar-refractivity contribution is 6.06. The molecule has 0 bridgehead atoms. The smallest absolute Gasteiger partial charge is 0.215 e. The summed E-state index contributed by atoms with van der Waals surface area (Å²) in [5.41, 5.74) is 1.95. The first-order valence-corrected chi connectivity index (χ1v) is 8.96. The van der Waals surface area contributed by atoms with Crippen molar-refractivity contribution in [2.45, 2.75) is 0 Å². The first kappa shape index (κ1) is 18.1. The maximum absolute atomic E-state index is 12.0. The number of pyridine rings is 3. The molecule has 0 aromatic carbocycles. The molecule has 4 aromatic heterocycles. The van der Waals surface area contributed by atoms with Crippen molar-refractivity contribution < 1.29 is 13.9 Å². The topological polar surface area (TPSA) is 74.1 Å². The van der Waals surface area contributed by atoms with E-state index in [0.29, 0.717) is 30.7 Å². The predicted molar refractivity (Wildman–Crippen MR) is 106 cm³/mol. The molecule has 0 saturated heterocycles. The Labute approximate surface area is 161 Å². The van der Waals surface area contributed by atoms with Crippen LogP contribution in [0.25, 0.3) is 21.9 Å². The molecule has 0 aliphatic rings. The van der Waals surface area contributed by atoms with Crippen LogP contribution in [0.15, 0.2) is 48.8 Å². The zero-order chi connectivity index (χ0) is 19.3. The second kappa shape index (κ2) is 8.18. The van der Waals surface area contributed by atoms with Crippen LogP contribution in [0, 0.1) is 0 Å². The van der Waals surface area contributed by atoms with Gasteiger partial charge in [0.15, 0.2) is 0 Å². The van der Waals surface area contributed by atoms with E-state index in [1.807, 2.05) is 48.1 Å². The van der Waals surface area contributed by atoms with Gasteiger partial charge in [0, 0.05) is 36.3 Å². The largest absolute Gasteiger partial charge is 0.475 e. The molecule has 0 aliphatic carbocycles. The Morgan fingerprint density at radius 3 is 2.79 bits per heavy atom. The van der Waals surface area contributed by atoms with Crippen LogP contribution in [-0.2, 0) is 11.8 Å². The van der Waals surface area contributed by atoms with Crippen LogP contribution in [-0.4, -0.2) is 46.0 Å². The number of ether oxygens (including phenoxy) is 2. The van der Waals surface area contributed by atoms with Gasteiger partial charge in [-0.3, -0.25) is 4.98 Å². The molecule has 8 heteroatoms. The third kappa shape index (κ3) is 3.72. The number of nitrogens with zero attached hydrogens (tertiary/aromatic N) is 4. The van der Waals surface area contributed by atoms with Gasteiger partial charge in [0.05, 0.1) is 18.7 Å². The molecule has 0 unspecified atom stereocenters. The molecule has 0 fully saturated rings. The molecular weight excluding hydrogens is 360 g/mol. The summed E-state index contributed by atoms with van der Waals surface area (Å²) in [5.74, 6) is 1.77. The van der Waals surface area contributed by atoms with E-state index < -0.39 is 6.67 Å². The Bertz CT molecular complexity index is 1100. The van der Waals surface area contributed by atoms with E-state index in [2.05, 4.69) is 15.3 Å². The first-order chi connectivity index (χ1) is 13.8. The fourth-order valence-electron chi connectivity index (χ4n) is 3.04. The van der Waals surface area contributed by atoms with E-state index in [0.717, 1.165) is 21.9 Å². The summed E-state index contributed by atoms with van der Waals surface area (Å²) < 4.78 is 24.6. The van der Waals surface area contributed by atoms with Crippen molar-refractivity contribution >= 4 is 33.6 Å². The van der Waals surface area contributed by atoms with Crippen molar-refractivity contribution in [3.8, 4) is 5.88 Å². The number of fused-ring (bicyclic) bond motifs is 3. The minimum atomic E-state index is -0.498. The first-order valence-electron chi connectivity index (χ1n) is 8.96. The normalized spacial score (nSPS) is 11.2. The van der Waals surface area contributed by atoms with Crippen LogP contribution in [0.2, 0.25) is 0 Å². The molecule has 0 aliphatic heterocycles. The van der Waals surface area contributed by atoms with Gasteiger partial charge in [-0.2, -0.15) is 4.98 Å². The summed E-state index contributed by atoms with van der Waals surface area (Å²) in [6.07, 6.45) is 3.63. The second-order valence-electron chi connectivity index (χ2n) is 6.16. The highest BCUT2D eigenvalue weighted by Gasteiger charge is 2.10. The molecule has 4 heterocycles. The Kier molecular flexibility index (Phi) is 5.29. The van der Waals surface area contributed by atoms with Crippen LogP contribution < -0.4 is 10.1 Å². The van der Waals surface area contributed by atoms with Gasteiger partial charge in [0.2, 0.25) is 5.88 Å². The zero-order valence-electron chi connectivity index (χ0n) is 15.4. The molecule has 0 spiro atoms. The number of rotatable bonds is 8. The molecule has 0 radical (unpaired) electrons. The van der Waals surface area contributed by atoms with Gasteiger partial charge >= 0.3 is 0 Å². The summed E-state index contributed by atoms with van der Waals surface area (Å²) in [7, 11) is 1.99. The van der Waals surface area contributed by atoms with Gasteiger partial charge in [-0.05, 0) is 24.3 Å². The number of aromatic nitrogens is 4. The monoisotopic (exact) mass is 380 g/mol. The lowest BCUT2D eigenvalue weighted by Crippen LogP contribution is -2.09. The zero-order valence-corrected chi connectivity index (χ0v) is 15.4.